The molecule has 5 heteroatoms. The van der Waals surface area contributed by atoms with Crippen molar-refractivity contribution in [2.24, 2.45) is 0 Å². The van der Waals surface area contributed by atoms with E-state index in [1.165, 1.54) is 0 Å². The highest BCUT2D eigenvalue weighted by molar-refractivity contribution is 6.06. The number of oxazole rings is 1. The molecule has 0 amide bonds. The van der Waals surface area contributed by atoms with E-state index in [0.717, 1.165) is 0 Å². The average Bonchev–Trinajstić information content (AvgIpc) is 2.86. The molecule has 0 fully saturated rings. The van der Waals surface area contributed by atoms with Crippen molar-refractivity contribution in [3.63, 3.8) is 0 Å². The minimum Gasteiger partial charge on any atom is -0.564 e. The van der Waals surface area contributed by atoms with Crippen molar-refractivity contribution in [3.05, 3.63) is 53.2 Å². The molecular weight excluding hydrogens is 263 g/mol. The van der Waals surface area contributed by atoms with Crippen molar-refractivity contribution in [2.75, 3.05) is 0 Å². The fraction of sp³-hybridized carbons (Fsp3) is 0.250. The van der Waals surface area contributed by atoms with E-state index in [0.29, 0.717) is 28.5 Å². The molecule has 0 saturated carbocycles. The van der Waals surface area contributed by atoms with E-state index < -0.39 is 0 Å². The van der Waals surface area contributed by atoms with Gasteiger partial charge in [-0.1, -0.05) is 44.2 Å². The fourth-order valence-electron chi connectivity index (χ4n) is 1.82. The van der Waals surface area contributed by atoms with E-state index in [-0.39, 0.29) is 5.76 Å². The quantitative estimate of drug-likeness (QED) is 0.487. The first-order valence-electron chi connectivity index (χ1n) is 6.68. The maximum atomic E-state index is 9.33. The first-order chi connectivity index (χ1) is 10.2. The third-order valence-electron chi connectivity index (χ3n) is 2.63. The Balaban J connectivity index is 0.00000106. The van der Waals surface area contributed by atoms with Crippen molar-refractivity contribution >= 4 is 19.4 Å². The molecule has 0 spiro atoms. The van der Waals surface area contributed by atoms with Gasteiger partial charge in [0.2, 0.25) is 0 Å². The van der Waals surface area contributed by atoms with E-state index in [4.69, 9.17) is 17.1 Å². The number of benzene rings is 1. The van der Waals surface area contributed by atoms with Crippen molar-refractivity contribution in [3.8, 4) is 6.07 Å². The van der Waals surface area contributed by atoms with Gasteiger partial charge in [-0.2, -0.15) is 5.26 Å². The Kier molecular flexibility index (Phi) is 6.28. The van der Waals surface area contributed by atoms with E-state index in [1.807, 2.05) is 32.0 Å². The average molecular weight is 280 g/mol. The minimum atomic E-state index is 0.187. The molecule has 0 N–H and O–H groups in total. The van der Waals surface area contributed by atoms with Gasteiger partial charge < -0.3 is 9.07 Å². The lowest BCUT2D eigenvalue weighted by Gasteiger charge is -2.08. The molecule has 0 aliphatic rings. The molecule has 0 aliphatic heterocycles. The van der Waals surface area contributed by atoms with Crippen LogP contribution < -0.4 is 0 Å². The third kappa shape index (κ3) is 3.76. The number of nitrogens with zero attached hydrogens (tertiary/aromatic N) is 2. The topological polar surface area (TPSA) is 59.0 Å². The fourth-order valence-corrected chi connectivity index (χ4v) is 1.82. The molecule has 2 rings (SSSR count). The second-order valence-electron chi connectivity index (χ2n) is 3.95. The van der Waals surface area contributed by atoms with Crippen LogP contribution in [-0.4, -0.2) is 13.0 Å². The van der Waals surface area contributed by atoms with Gasteiger partial charge >= 0.3 is 8.05 Å². The summed E-state index contributed by atoms with van der Waals surface area (Å²) in [5, 5.41) is 9.33. The Morgan fingerprint density at radius 2 is 1.86 bits per heavy atom. The van der Waals surface area contributed by atoms with Crippen LogP contribution in [0.5, 0.6) is 0 Å². The molecule has 1 aromatic carbocycles. The van der Waals surface area contributed by atoms with Crippen LogP contribution in [0.2, 0.25) is 0 Å². The zero-order valence-corrected chi connectivity index (χ0v) is 12.7. The standard InChI is InChI=1S/C14H11BN2O2.C2H6/c1-9-13(18-10(2)17-9)14(19-15)12(8-16)11-6-4-3-5-7-11;1-2/h3-7H,1-2H3;1-2H3. The summed E-state index contributed by atoms with van der Waals surface area (Å²) in [6, 6.07) is 11.2. The smallest absolute Gasteiger partial charge is 0.374 e. The summed E-state index contributed by atoms with van der Waals surface area (Å²) in [6.45, 7) is 7.49. The Labute approximate surface area is 126 Å². The maximum Gasteiger partial charge on any atom is 0.374 e. The van der Waals surface area contributed by atoms with Crippen LogP contribution in [0, 0.1) is 25.2 Å². The van der Waals surface area contributed by atoms with E-state index in [1.54, 1.807) is 26.0 Å². The third-order valence-corrected chi connectivity index (χ3v) is 2.63. The summed E-state index contributed by atoms with van der Waals surface area (Å²) in [6.07, 6.45) is 0. The Bertz CT molecular complexity index is 655. The number of hydrogen-bond acceptors (Lipinski definition) is 4. The predicted molar refractivity (Wildman–Crippen MR) is 83.0 cm³/mol. The molecule has 2 aromatic rings. The number of allylic oxidation sites excluding steroid dienone is 1. The summed E-state index contributed by atoms with van der Waals surface area (Å²) in [5.74, 6) is 1.06. The maximum absolute atomic E-state index is 9.33. The second kappa shape index (κ2) is 7.96. The van der Waals surface area contributed by atoms with E-state index in [2.05, 4.69) is 11.1 Å². The zero-order chi connectivity index (χ0) is 15.8. The minimum absolute atomic E-state index is 0.187. The van der Waals surface area contributed by atoms with Crippen LogP contribution in [0.4, 0.5) is 0 Å². The molecular formula is C16H17BN2O2. The van der Waals surface area contributed by atoms with Gasteiger partial charge in [-0.05, 0) is 12.5 Å². The van der Waals surface area contributed by atoms with Gasteiger partial charge in [0.05, 0.1) is 5.69 Å². The lowest BCUT2D eigenvalue weighted by atomic mass is 10.0. The highest BCUT2D eigenvalue weighted by Gasteiger charge is 2.18. The SMILES string of the molecule is CC.[B]OC(=C(C#N)c1ccccc1)c1oc(C)nc1C. The summed E-state index contributed by atoms with van der Waals surface area (Å²) in [4.78, 5) is 4.14. The largest absolute Gasteiger partial charge is 0.564 e. The van der Waals surface area contributed by atoms with Gasteiger partial charge in [0.15, 0.2) is 17.4 Å². The zero-order valence-electron chi connectivity index (χ0n) is 12.7. The molecule has 0 saturated heterocycles. The van der Waals surface area contributed by atoms with Crippen LogP contribution >= 0.6 is 0 Å². The summed E-state index contributed by atoms with van der Waals surface area (Å²) in [5.41, 5.74) is 1.64. The Morgan fingerprint density at radius 3 is 2.29 bits per heavy atom. The number of hydrogen-bond donors (Lipinski definition) is 0. The normalized spacial score (nSPS) is 10.8. The molecule has 1 heterocycles. The first kappa shape index (κ1) is 16.6. The van der Waals surface area contributed by atoms with Gasteiger partial charge in [0, 0.05) is 6.92 Å². The number of rotatable bonds is 3. The summed E-state index contributed by atoms with van der Waals surface area (Å²) < 4.78 is 10.3. The van der Waals surface area contributed by atoms with E-state index >= 15 is 0 Å². The molecule has 0 bridgehead atoms. The van der Waals surface area contributed by atoms with Gasteiger partial charge in [-0.15, -0.1) is 0 Å². The van der Waals surface area contributed by atoms with Gasteiger partial charge in [-0.25, -0.2) is 4.98 Å². The molecule has 106 valence electrons. The predicted octanol–water partition coefficient (Wildman–Crippen LogP) is 3.81. The Morgan fingerprint density at radius 1 is 1.24 bits per heavy atom. The summed E-state index contributed by atoms with van der Waals surface area (Å²) in [7, 11) is 5.30. The molecule has 0 aliphatic carbocycles. The monoisotopic (exact) mass is 280 g/mol. The van der Waals surface area contributed by atoms with Crippen LogP contribution in [0.3, 0.4) is 0 Å². The van der Waals surface area contributed by atoms with Crippen LogP contribution in [-0.2, 0) is 4.65 Å². The van der Waals surface area contributed by atoms with Crippen molar-refractivity contribution < 1.29 is 9.07 Å². The Hall–Kier alpha value is -2.48. The van der Waals surface area contributed by atoms with E-state index in [9.17, 15) is 5.26 Å². The number of aryl methyl sites for hydroxylation is 2. The number of aromatic nitrogens is 1. The summed E-state index contributed by atoms with van der Waals surface area (Å²) >= 11 is 0. The molecule has 21 heavy (non-hydrogen) atoms. The van der Waals surface area contributed by atoms with Gasteiger partial charge in [0.1, 0.15) is 11.6 Å². The van der Waals surface area contributed by atoms with Gasteiger partial charge in [0.25, 0.3) is 0 Å². The van der Waals surface area contributed by atoms with Crippen LogP contribution in [0.25, 0.3) is 11.3 Å². The molecule has 2 radical (unpaired) electrons. The van der Waals surface area contributed by atoms with Crippen LogP contribution in [0.1, 0.15) is 36.8 Å². The highest BCUT2D eigenvalue weighted by atomic mass is 16.4. The lowest BCUT2D eigenvalue weighted by Crippen LogP contribution is -1.95. The van der Waals surface area contributed by atoms with Crippen molar-refractivity contribution in [2.45, 2.75) is 27.7 Å². The molecule has 0 unspecified atom stereocenters. The number of nitriles is 1. The highest BCUT2D eigenvalue weighted by Crippen LogP contribution is 2.28. The van der Waals surface area contributed by atoms with Crippen molar-refractivity contribution in [1.82, 2.24) is 4.98 Å². The van der Waals surface area contributed by atoms with Crippen LogP contribution in [0.15, 0.2) is 34.7 Å². The molecule has 0 atom stereocenters. The molecule has 4 nitrogen and oxygen atoms in total. The molecule has 1 aromatic heterocycles. The first-order valence-corrected chi connectivity index (χ1v) is 6.68. The van der Waals surface area contributed by atoms with Gasteiger partial charge in [-0.3, -0.25) is 0 Å². The lowest BCUT2D eigenvalue weighted by molar-refractivity contribution is 0.469. The second-order valence-corrected chi connectivity index (χ2v) is 3.95. The van der Waals surface area contributed by atoms with Crippen molar-refractivity contribution in [1.29, 1.82) is 5.26 Å².